The molecule has 0 radical (unpaired) electrons. The van der Waals surface area contributed by atoms with Gasteiger partial charge < -0.3 is 20.7 Å². The van der Waals surface area contributed by atoms with Gasteiger partial charge in [-0.3, -0.25) is 9.59 Å². The van der Waals surface area contributed by atoms with E-state index in [1.807, 2.05) is 13.8 Å². The number of benzene rings is 1. The smallest absolute Gasteiger partial charge is 0.254 e. The molecule has 6 nitrogen and oxygen atoms in total. The van der Waals surface area contributed by atoms with Crippen molar-refractivity contribution in [2.75, 3.05) is 30.3 Å². The molecule has 0 saturated carbocycles. The van der Waals surface area contributed by atoms with E-state index in [4.69, 9.17) is 4.74 Å². The fourth-order valence-corrected chi connectivity index (χ4v) is 2.18. The fraction of sp³-hybridized carbons (Fsp3) is 0.500. The average Bonchev–Trinajstić information content (AvgIpc) is 2.49. The quantitative estimate of drug-likeness (QED) is 0.765. The predicted molar refractivity (Wildman–Crippen MR) is 93.0 cm³/mol. The average molecular weight is 342 g/mol. The first-order valence-electron chi connectivity index (χ1n) is 7.57. The van der Waals surface area contributed by atoms with Gasteiger partial charge in [-0.2, -0.15) is 0 Å². The van der Waals surface area contributed by atoms with E-state index in [0.29, 0.717) is 31.2 Å². The van der Waals surface area contributed by atoms with Crippen molar-refractivity contribution in [2.45, 2.75) is 26.4 Å². The monoisotopic (exact) mass is 341 g/mol. The van der Waals surface area contributed by atoms with Crippen LogP contribution >= 0.6 is 12.4 Å². The van der Waals surface area contributed by atoms with E-state index in [9.17, 15) is 9.59 Å². The number of carbonyl (C=O) groups excluding carboxylic acids is 2. The van der Waals surface area contributed by atoms with Gasteiger partial charge in [-0.25, -0.2) is 0 Å². The maximum atomic E-state index is 12.0. The highest BCUT2D eigenvalue weighted by Crippen LogP contribution is 2.15. The minimum Gasteiger partial charge on any atom is -0.366 e. The Balaban J connectivity index is 0.00000264. The Kier molecular flexibility index (Phi) is 8.02. The summed E-state index contributed by atoms with van der Waals surface area (Å²) in [4.78, 5) is 23.7. The molecule has 0 aliphatic carbocycles. The number of hydrogen-bond acceptors (Lipinski definition) is 4. The Morgan fingerprint density at radius 1 is 1.22 bits per heavy atom. The number of ether oxygens (including phenoxy) is 1. The van der Waals surface area contributed by atoms with Gasteiger partial charge in [-0.05, 0) is 30.2 Å². The van der Waals surface area contributed by atoms with E-state index in [1.165, 1.54) is 0 Å². The van der Waals surface area contributed by atoms with Crippen molar-refractivity contribution in [3.8, 4) is 0 Å². The molecular formula is C16H24ClN3O3. The lowest BCUT2D eigenvalue weighted by atomic mass is 10.1. The Bertz CT molecular complexity index is 514. The second kappa shape index (κ2) is 9.50. The lowest BCUT2D eigenvalue weighted by molar-refractivity contribution is -0.128. The van der Waals surface area contributed by atoms with Gasteiger partial charge in [-0.15, -0.1) is 12.4 Å². The van der Waals surface area contributed by atoms with Crippen LogP contribution in [0.25, 0.3) is 0 Å². The molecule has 0 spiro atoms. The highest BCUT2D eigenvalue weighted by Gasteiger charge is 2.21. The summed E-state index contributed by atoms with van der Waals surface area (Å²) in [5.41, 5.74) is 1.40. The summed E-state index contributed by atoms with van der Waals surface area (Å²) < 4.78 is 5.39. The molecule has 1 aromatic rings. The number of amides is 2. The molecule has 1 aliphatic rings. The topological polar surface area (TPSA) is 79.5 Å². The van der Waals surface area contributed by atoms with Gasteiger partial charge in [0.25, 0.3) is 5.91 Å². The van der Waals surface area contributed by atoms with Crippen LogP contribution in [0.4, 0.5) is 11.4 Å². The van der Waals surface area contributed by atoms with Gasteiger partial charge in [0.2, 0.25) is 5.91 Å². The molecule has 0 aromatic heterocycles. The van der Waals surface area contributed by atoms with Crippen LogP contribution in [0.2, 0.25) is 0 Å². The minimum atomic E-state index is -0.459. The van der Waals surface area contributed by atoms with E-state index in [2.05, 4.69) is 16.0 Å². The normalized spacial score (nSPS) is 17.3. The van der Waals surface area contributed by atoms with Crippen LogP contribution in [0.5, 0.6) is 0 Å². The number of hydrogen-bond donors (Lipinski definition) is 3. The third-order valence-electron chi connectivity index (χ3n) is 3.25. The van der Waals surface area contributed by atoms with Crippen LogP contribution in [0.1, 0.15) is 20.3 Å². The Morgan fingerprint density at radius 2 is 1.83 bits per heavy atom. The minimum absolute atomic E-state index is 0. The number of nitrogens with one attached hydrogen (secondary N) is 3. The second-order valence-electron chi connectivity index (χ2n) is 5.78. The molecule has 1 aromatic carbocycles. The number of rotatable bonds is 5. The van der Waals surface area contributed by atoms with E-state index in [0.717, 1.165) is 12.2 Å². The van der Waals surface area contributed by atoms with Crippen LogP contribution in [-0.4, -0.2) is 37.6 Å². The summed E-state index contributed by atoms with van der Waals surface area (Å²) in [6.45, 7) is 5.84. The Hall–Kier alpha value is -1.63. The fourth-order valence-electron chi connectivity index (χ4n) is 2.18. The second-order valence-corrected chi connectivity index (χ2v) is 5.78. The first-order chi connectivity index (χ1) is 10.5. The number of halogens is 1. The van der Waals surface area contributed by atoms with Gasteiger partial charge in [0.15, 0.2) is 0 Å². The van der Waals surface area contributed by atoms with E-state index < -0.39 is 6.10 Å². The van der Waals surface area contributed by atoms with Gasteiger partial charge in [-0.1, -0.05) is 13.8 Å². The molecule has 0 bridgehead atoms. The molecule has 1 aliphatic heterocycles. The SMILES string of the molecule is CC(C)CC(=O)Nc1ccc(NC(=O)C2CNCCO2)cc1.Cl. The van der Waals surface area contributed by atoms with Crippen molar-refractivity contribution in [3.05, 3.63) is 24.3 Å². The molecule has 2 rings (SSSR count). The lowest BCUT2D eigenvalue weighted by Gasteiger charge is -2.22. The highest BCUT2D eigenvalue weighted by molar-refractivity contribution is 5.95. The molecule has 128 valence electrons. The molecule has 1 unspecified atom stereocenters. The van der Waals surface area contributed by atoms with Crippen LogP contribution < -0.4 is 16.0 Å². The van der Waals surface area contributed by atoms with Crippen molar-refractivity contribution >= 4 is 35.6 Å². The summed E-state index contributed by atoms with van der Waals surface area (Å²) in [7, 11) is 0. The molecule has 1 fully saturated rings. The van der Waals surface area contributed by atoms with E-state index in [-0.39, 0.29) is 24.2 Å². The molecule has 1 atom stereocenters. The molecule has 3 N–H and O–H groups in total. The van der Waals surface area contributed by atoms with Gasteiger partial charge in [0, 0.05) is 30.9 Å². The molecule has 2 amide bonds. The first-order valence-corrected chi connectivity index (χ1v) is 7.57. The zero-order valence-electron chi connectivity index (χ0n) is 13.4. The number of morpholine rings is 1. The molecular weight excluding hydrogens is 318 g/mol. The predicted octanol–water partition coefficient (Wildman–Crippen LogP) is 2.02. The van der Waals surface area contributed by atoms with Crippen LogP contribution in [-0.2, 0) is 14.3 Å². The first kappa shape index (κ1) is 19.4. The third kappa shape index (κ3) is 6.56. The summed E-state index contributed by atoms with van der Waals surface area (Å²) >= 11 is 0. The van der Waals surface area contributed by atoms with E-state index >= 15 is 0 Å². The summed E-state index contributed by atoms with van der Waals surface area (Å²) in [6.07, 6.45) is 0.0315. The van der Waals surface area contributed by atoms with Crippen LogP contribution in [0.15, 0.2) is 24.3 Å². The molecule has 1 heterocycles. The largest absolute Gasteiger partial charge is 0.366 e. The Labute approximate surface area is 142 Å². The van der Waals surface area contributed by atoms with Crippen molar-refractivity contribution in [1.82, 2.24) is 5.32 Å². The zero-order valence-corrected chi connectivity index (χ0v) is 14.2. The van der Waals surface area contributed by atoms with Gasteiger partial charge in [0.1, 0.15) is 6.10 Å². The number of anilines is 2. The maximum absolute atomic E-state index is 12.0. The highest BCUT2D eigenvalue weighted by atomic mass is 35.5. The summed E-state index contributed by atoms with van der Waals surface area (Å²) in [6, 6.07) is 7.07. The van der Waals surface area contributed by atoms with Crippen molar-refractivity contribution in [3.63, 3.8) is 0 Å². The third-order valence-corrected chi connectivity index (χ3v) is 3.25. The lowest BCUT2D eigenvalue weighted by Crippen LogP contribution is -2.45. The summed E-state index contributed by atoms with van der Waals surface area (Å²) in [5.74, 6) is 0.153. The Morgan fingerprint density at radius 3 is 2.35 bits per heavy atom. The molecule has 23 heavy (non-hydrogen) atoms. The van der Waals surface area contributed by atoms with Crippen molar-refractivity contribution < 1.29 is 14.3 Å². The zero-order chi connectivity index (χ0) is 15.9. The standard InChI is InChI=1S/C16H23N3O3.ClH/c1-11(2)9-15(20)18-12-3-5-13(6-4-12)19-16(21)14-10-17-7-8-22-14;/h3-6,11,14,17H,7-10H2,1-2H3,(H,18,20)(H,19,21);1H. The number of carbonyl (C=O) groups is 2. The summed E-state index contributed by atoms with van der Waals surface area (Å²) in [5, 5.41) is 8.75. The molecule has 7 heteroatoms. The van der Waals surface area contributed by atoms with Crippen LogP contribution in [0.3, 0.4) is 0 Å². The van der Waals surface area contributed by atoms with Crippen LogP contribution in [0, 0.1) is 5.92 Å². The molecule has 1 saturated heterocycles. The van der Waals surface area contributed by atoms with Gasteiger partial charge in [0.05, 0.1) is 6.61 Å². The van der Waals surface area contributed by atoms with E-state index in [1.54, 1.807) is 24.3 Å². The van der Waals surface area contributed by atoms with Crippen molar-refractivity contribution in [2.24, 2.45) is 5.92 Å². The van der Waals surface area contributed by atoms with Crippen molar-refractivity contribution in [1.29, 1.82) is 0 Å². The maximum Gasteiger partial charge on any atom is 0.254 e. The van der Waals surface area contributed by atoms with Gasteiger partial charge >= 0.3 is 0 Å².